The number of carbonyl (C=O) groups excluding carboxylic acids is 2. The number of hydrogen-bond donors (Lipinski definition) is 1. The topological polar surface area (TPSA) is 66.6 Å². The summed E-state index contributed by atoms with van der Waals surface area (Å²) in [6.07, 6.45) is 2.20. The first kappa shape index (κ1) is 15.0. The van der Waals surface area contributed by atoms with Crippen LogP contribution in [0.4, 0.5) is 4.39 Å². The quantitative estimate of drug-likeness (QED) is 0.886. The molecular weight excluding hydrogens is 285 g/mol. The minimum atomic E-state index is -0.665. The van der Waals surface area contributed by atoms with Gasteiger partial charge in [0.15, 0.2) is 0 Å². The van der Waals surface area contributed by atoms with E-state index in [1.807, 2.05) is 0 Å². The lowest BCUT2D eigenvalue weighted by atomic mass is 10.2. The third kappa shape index (κ3) is 2.97. The third-order valence-corrected chi connectivity index (χ3v) is 4.36. The number of carbonyl (C=O) groups is 2. The molecule has 1 aliphatic heterocycles. The molecule has 2 fully saturated rings. The predicted molar refractivity (Wildman–Crippen MR) is 79.7 cm³/mol. The normalized spacial score (nSPS) is 20.5. The second-order valence-electron chi connectivity index (χ2n) is 6.10. The van der Waals surface area contributed by atoms with E-state index < -0.39 is 11.4 Å². The van der Waals surface area contributed by atoms with Crippen LogP contribution in [0.5, 0.6) is 0 Å². The molecule has 2 aliphatic rings. The maximum absolute atomic E-state index is 13.2. The van der Waals surface area contributed by atoms with Crippen molar-refractivity contribution in [2.24, 2.45) is 5.73 Å². The van der Waals surface area contributed by atoms with Crippen LogP contribution in [0.3, 0.4) is 0 Å². The molecule has 1 heterocycles. The van der Waals surface area contributed by atoms with Crippen LogP contribution in [0, 0.1) is 5.82 Å². The van der Waals surface area contributed by atoms with Crippen LogP contribution in [0.15, 0.2) is 24.3 Å². The second kappa shape index (κ2) is 5.68. The Morgan fingerprint density at radius 1 is 1.09 bits per heavy atom. The summed E-state index contributed by atoms with van der Waals surface area (Å²) in [6, 6.07) is 5.70. The molecule has 0 atom stereocenters. The van der Waals surface area contributed by atoms with Crippen LogP contribution in [0.2, 0.25) is 0 Å². The van der Waals surface area contributed by atoms with Gasteiger partial charge in [-0.15, -0.1) is 0 Å². The zero-order valence-corrected chi connectivity index (χ0v) is 12.4. The van der Waals surface area contributed by atoms with E-state index in [0.717, 1.165) is 12.8 Å². The Kier molecular flexibility index (Phi) is 3.87. The molecule has 5 nitrogen and oxygen atoms in total. The Bertz CT molecular complexity index is 601. The second-order valence-corrected chi connectivity index (χ2v) is 6.10. The summed E-state index contributed by atoms with van der Waals surface area (Å²) in [4.78, 5) is 28.1. The Hall–Kier alpha value is -1.95. The number of nitrogens with two attached hydrogens (primary N) is 1. The van der Waals surface area contributed by atoms with Crippen LogP contribution in [0.25, 0.3) is 0 Å². The molecule has 2 amide bonds. The van der Waals surface area contributed by atoms with Crippen LogP contribution in [0.1, 0.15) is 29.6 Å². The van der Waals surface area contributed by atoms with E-state index in [1.54, 1.807) is 15.9 Å². The van der Waals surface area contributed by atoms with Crippen LogP contribution in [-0.4, -0.2) is 53.3 Å². The molecule has 0 bridgehead atoms. The van der Waals surface area contributed by atoms with Crippen molar-refractivity contribution in [3.8, 4) is 0 Å². The van der Waals surface area contributed by atoms with Crippen molar-refractivity contribution < 1.29 is 14.0 Å². The first-order valence-electron chi connectivity index (χ1n) is 7.63. The van der Waals surface area contributed by atoms with E-state index in [0.29, 0.717) is 38.2 Å². The van der Waals surface area contributed by atoms with Gasteiger partial charge < -0.3 is 15.5 Å². The van der Waals surface area contributed by atoms with Crippen molar-refractivity contribution in [1.82, 2.24) is 9.80 Å². The molecule has 1 aromatic rings. The first-order valence-corrected chi connectivity index (χ1v) is 7.63. The van der Waals surface area contributed by atoms with Crippen LogP contribution >= 0.6 is 0 Å². The lowest BCUT2D eigenvalue weighted by Crippen LogP contribution is -2.47. The van der Waals surface area contributed by atoms with Gasteiger partial charge in [0.1, 0.15) is 5.82 Å². The lowest BCUT2D eigenvalue weighted by molar-refractivity contribution is -0.133. The van der Waals surface area contributed by atoms with Crippen LogP contribution < -0.4 is 5.73 Å². The molecular formula is C16H20FN3O2. The molecule has 118 valence electrons. The van der Waals surface area contributed by atoms with Gasteiger partial charge >= 0.3 is 0 Å². The van der Waals surface area contributed by atoms with Crippen molar-refractivity contribution in [3.05, 3.63) is 35.6 Å². The van der Waals surface area contributed by atoms with E-state index in [-0.39, 0.29) is 11.8 Å². The van der Waals surface area contributed by atoms with Crippen molar-refractivity contribution in [3.63, 3.8) is 0 Å². The first-order chi connectivity index (χ1) is 10.5. The van der Waals surface area contributed by atoms with E-state index in [9.17, 15) is 14.0 Å². The summed E-state index contributed by atoms with van der Waals surface area (Å²) >= 11 is 0. The highest BCUT2D eigenvalue weighted by atomic mass is 19.1. The average molecular weight is 305 g/mol. The van der Waals surface area contributed by atoms with Gasteiger partial charge in [-0.05, 0) is 37.5 Å². The summed E-state index contributed by atoms with van der Waals surface area (Å²) in [6.45, 7) is 2.12. The molecule has 0 unspecified atom stereocenters. The van der Waals surface area contributed by atoms with Gasteiger partial charge in [-0.1, -0.05) is 6.07 Å². The number of halogens is 1. The van der Waals surface area contributed by atoms with Gasteiger partial charge in [0.05, 0.1) is 5.54 Å². The molecule has 22 heavy (non-hydrogen) atoms. The number of amides is 2. The van der Waals surface area contributed by atoms with Gasteiger partial charge in [-0.2, -0.15) is 0 Å². The highest BCUT2D eigenvalue weighted by Crippen LogP contribution is 2.34. The fourth-order valence-electron chi connectivity index (χ4n) is 2.79. The van der Waals surface area contributed by atoms with Gasteiger partial charge in [0.25, 0.3) is 5.91 Å². The third-order valence-electron chi connectivity index (χ3n) is 4.36. The van der Waals surface area contributed by atoms with Crippen molar-refractivity contribution in [1.29, 1.82) is 0 Å². The predicted octanol–water partition coefficient (Wildman–Crippen LogP) is 0.992. The molecule has 1 saturated heterocycles. The molecule has 3 rings (SSSR count). The zero-order valence-electron chi connectivity index (χ0n) is 12.4. The lowest BCUT2D eigenvalue weighted by Gasteiger charge is -2.24. The molecule has 0 spiro atoms. The number of hydrogen-bond acceptors (Lipinski definition) is 3. The Morgan fingerprint density at radius 3 is 2.45 bits per heavy atom. The number of rotatable bonds is 2. The molecule has 1 aliphatic carbocycles. The summed E-state index contributed by atoms with van der Waals surface area (Å²) in [5, 5.41) is 0. The molecule has 6 heteroatoms. The van der Waals surface area contributed by atoms with Gasteiger partial charge in [-0.25, -0.2) is 4.39 Å². The maximum atomic E-state index is 13.2. The summed E-state index contributed by atoms with van der Waals surface area (Å²) in [7, 11) is 0. The van der Waals surface area contributed by atoms with Gasteiger partial charge in [-0.3, -0.25) is 9.59 Å². The van der Waals surface area contributed by atoms with Crippen molar-refractivity contribution >= 4 is 11.8 Å². The van der Waals surface area contributed by atoms with Crippen LogP contribution in [-0.2, 0) is 4.79 Å². The molecule has 0 aromatic heterocycles. The number of nitrogens with zero attached hydrogens (tertiary/aromatic N) is 2. The highest BCUT2D eigenvalue weighted by Gasteiger charge is 2.48. The van der Waals surface area contributed by atoms with Gasteiger partial charge in [0.2, 0.25) is 5.91 Å². The van der Waals surface area contributed by atoms with E-state index in [1.165, 1.54) is 18.2 Å². The summed E-state index contributed by atoms with van der Waals surface area (Å²) in [5.41, 5.74) is 5.64. The Labute approximate surface area is 128 Å². The maximum Gasteiger partial charge on any atom is 0.254 e. The largest absolute Gasteiger partial charge is 0.339 e. The van der Waals surface area contributed by atoms with Gasteiger partial charge in [0, 0.05) is 31.7 Å². The smallest absolute Gasteiger partial charge is 0.254 e. The fraction of sp³-hybridized carbons (Fsp3) is 0.500. The van der Waals surface area contributed by atoms with E-state index >= 15 is 0 Å². The Balaban J connectivity index is 1.65. The molecule has 1 aromatic carbocycles. The SMILES string of the molecule is NC1(C(=O)N2CCCN(C(=O)c3cccc(F)c3)CC2)CC1. The van der Waals surface area contributed by atoms with Crippen molar-refractivity contribution in [2.45, 2.75) is 24.8 Å². The molecule has 1 saturated carbocycles. The van der Waals surface area contributed by atoms with E-state index in [4.69, 9.17) is 5.73 Å². The highest BCUT2D eigenvalue weighted by molar-refractivity contribution is 5.94. The summed E-state index contributed by atoms with van der Waals surface area (Å²) in [5.74, 6) is -0.619. The minimum absolute atomic E-state index is 0.00689. The fourth-order valence-corrected chi connectivity index (χ4v) is 2.79. The zero-order chi connectivity index (χ0) is 15.7. The Morgan fingerprint density at radius 2 is 1.77 bits per heavy atom. The average Bonchev–Trinajstić information content (AvgIpc) is 3.29. The standard InChI is InChI=1S/C16H20FN3O2/c17-13-4-1-3-12(11-13)14(21)19-7-2-8-20(10-9-19)15(22)16(18)5-6-16/h1,3-4,11H,2,5-10,18H2. The van der Waals surface area contributed by atoms with Crippen molar-refractivity contribution in [2.75, 3.05) is 26.2 Å². The molecule has 0 radical (unpaired) electrons. The molecule has 2 N–H and O–H groups in total. The van der Waals surface area contributed by atoms with E-state index in [2.05, 4.69) is 0 Å². The minimum Gasteiger partial charge on any atom is -0.339 e. The summed E-state index contributed by atoms with van der Waals surface area (Å²) < 4.78 is 13.2. The monoisotopic (exact) mass is 305 g/mol. The number of benzene rings is 1.